The Morgan fingerprint density at radius 1 is 1.05 bits per heavy atom. The van der Waals surface area contributed by atoms with Gasteiger partial charge in [0.25, 0.3) is 0 Å². The first-order valence-corrected chi connectivity index (χ1v) is 7.11. The van der Waals surface area contributed by atoms with Crippen molar-refractivity contribution in [2.45, 2.75) is 0 Å². The summed E-state index contributed by atoms with van der Waals surface area (Å²) in [6, 6.07) is 3.80. The molecule has 110 valence electrons. The molecule has 1 fully saturated rings. The average Bonchev–Trinajstić information content (AvgIpc) is 2.56. The summed E-state index contributed by atoms with van der Waals surface area (Å²) in [4.78, 5) is 17.3. The standard InChI is InChI=1S/C14H16ClN5O/c1-21-12-2-3-16-13(8-12)19-4-6-20(7-5-19)14-17-9-11(15)10-18-14/h2-3,8-10H,4-7H2,1H3. The zero-order chi connectivity index (χ0) is 14.7. The maximum atomic E-state index is 5.81. The van der Waals surface area contributed by atoms with Gasteiger partial charge in [-0.2, -0.15) is 0 Å². The molecule has 1 saturated heterocycles. The van der Waals surface area contributed by atoms with Crippen molar-refractivity contribution < 1.29 is 4.74 Å². The number of hydrogen-bond donors (Lipinski definition) is 0. The summed E-state index contributed by atoms with van der Waals surface area (Å²) in [6.45, 7) is 3.43. The number of anilines is 2. The van der Waals surface area contributed by atoms with Gasteiger partial charge in [-0.05, 0) is 6.07 Å². The molecule has 0 bridgehead atoms. The predicted molar refractivity (Wildman–Crippen MR) is 82.3 cm³/mol. The van der Waals surface area contributed by atoms with Gasteiger partial charge < -0.3 is 14.5 Å². The van der Waals surface area contributed by atoms with Crippen LogP contribution in [0.3, 0.4) is 0 Å². The molecule has 0 aliphatic carbocycles. The smallest absolute Gasteiger partial charge is 0.225 e. The van der Waals surface area contributed by atoms with Crippen molar-refractivity contribution in [2.24, 2.45) is 0 Å². The van der Waals surface area contributed by atoms with E-state index in [4.69, 9.17) is 16.3 Å². The van der Waals surface area contributed by atoms with Crippen LogP contribution in [0, 0.1) is 0 Å². The lowest BCUT2D eigenvalue weighted by atomic mass is 10.3. The largest absolute Gasteiger partial charge is 0.497 e. The second-order valence-corrected chi connectivity index (χ2v) is 5.17. The number of aromatic nitrogens is 3. The molecular formula is C14H16ClN5O. The third kappa shape index (κ3) is 3.16. The lowest BCUT2D eigenvalue weighted by molar-refractivity contribution is 0.414. The summed E-state index contributed by atoms with van der Waals surface area (Å²) in [5, 5.41) is 0.554. The number of halogens is 1. The van der Waals surface area contributed by atoms with E-state index in [1.54, 1.807) is 25.7 Å². The van der Waals surface area contributed by atoms with Crippen LogP contribution in [0.4, 0.5) is 11.8 Å². The minimum Gasteiger partial charge on any atom is -0.497 e. The van der Waals surface area contributed by atoms with Gasteiger partial charge in [-0.3, -0.25) is 0 Å². The molecule has 3 rings (SSSR count). The third-order valence-electron chi connectivity index (χ3n) is 3.45. The maximum Gasteiger partial charge on any atom is 0.225 e. The number of pyridine rings is 1. The molecule has 1 aliphatic heterocycles. The summed E-state index contributed by atoms with van der Waals surface area (Å²) >= 11 is 5.81. The van der Waals surface area contributed by atoms with Crippen LogP contribution in [-0.4, -0.2) is 48.2 Å². The molecule has 0 spiro atoms. The van der Waals surface area contributed by atoms with Crippen molar-refractivity contribution in [2.75, 3.05) is 43.1 Å². The predicted octanol–water partition coefficient (Wildman–Crippen LogP) is 1.86. The Kier molecular flexibility index (Phi) is 4.06. The van der Waals surface area contributed by atoms with Gasteiger partial charge in [0.1, 0.15) is 11.6 Å². The van der Waals surface area contributed by atoms with E-state index >= 15 is 0 Å². The number of rotatable bonds is 3. The summed E-state index contributed by atoms with van der Waals surface area (Å²) < 4.78 is 5.24. The zero-order valence-corrected chi connectivity index (χ0v) is 12.5. The van der Waals surface area contributed by atoms with E-state index in [2.05, 4.69) is 24.8 Å². The van der Waals surface area contributed by atoms with Gasteiger partial charge in [0.15, 0.2) is 0 Å². The Balaban J connectivity index is 1.65. The Bertz CT molecular complexity index is 599. The summed E-state index contributed by atoms with van der Waals surface area (Å²) in [5.41, 5.74) is 0. The Morgan fingerprint density at radius 3 is 2.38 bits per heavy atom. The lowest BCUT2D eigenvalue weighted by Crippen LogP contribution is -2.47. The van der Waals surface area contributed by atoms with Crippen molar-refractivity contribution in [3.63, 3.8) is 0 Å². The first-order chi connectivity index (χ1) is 10.3. The molecule has 0 radical (unpaired) electrons. The fourth-order valence-electron chi connectivity index (χ4n) is 2.30. The van der Waals surface area contributed by atoms with E-state index in [1.807, 2.05) is 12.1 Å². The summed E-state index contributed by atoms with van der Waals surface area (Å²) in [5.74, 6) is 2.48. The van der Waals surface area contributed by atoms with Gasteiger partial charge in [0.2, 0.25) is 5.95 Å². The highest BCUT2D eigenvalue weighted by Gasteiger charge is 2.20. The Labute approximate surface area is 128 Å². The second-order valence-electron chi connectivity index (χ2n) is 4.73. The fraction of sp³-hybridized carbons (Fsp3) is 0.357. The number of hydrogen-bond acceptors (Lipinski definition) is 6. The molecule has 6 nitrogen and oxygen atoms in total. The number of piperazine rings is 1. The van der Waals surface area contributed by atoms with E-state index in [0.717, 1.165) is 43.7 Å². The third-order valence-corrected chi connectivity index (χ3v) is 3.64. The highest BCUT2D eigenvalue weighted by atomic mass is 35.5. The van der Waals surface area contributed by atoms with Crippen LogP contribution in [0.5, 0.6) is 5.75 Å². The van der Waals surface area contributed by atoms with E-state index in [9.17, 15) is 0 Å². The first-order valence-electron chi connectivity index (χ1n) is 6.74. The van der Waals surface area contributed by atoms with Crippen LogP contribution in [0.15, 0.2) is 30.7 Å². The topological polar surface area (TPSA) is 54.4 Å². The van der Waals surface area contributed by atoms with Gasteiger partial charge in [0, 0.05) is 38.4 Å². The van der Waals surface area contributed by atoms with Crippen LogP contribution in [0.1, 0.15) is 0 Å². The van der Waals surface area contributed by atoms with Gasteiger partial charge in [-0.1, -0.05) is 11.6 Å². The van der Waals surface area contributed by atoms with Crippen molar-refractivity contribution in [3.05, 3.63) is 35.7 Å². The molecule has 0 aromatic carbocycles. The Morgan fingerprint density at radius 2 is 1.71 bits per heavy atom. The molecule has 0 atom stereocenters. The van der Waals surface area contributed by atoms with Crippen molar-refractivity contribution in [3.8, 4) is 5.75 Å². The monoisotopic (exact) mass is 305 g/mol. The van der Waals surface area contributed by atoms with Crippen molar-refractivity contribution in [1.82, 2.24) is 15.0 Å². The molecule has 2 aromatic heterocycles. The van der Waals surface area contributed by atoms with Crippen LogP contribution >= 0.6 is 11.6 Å². The van der Waals surface area contributed by atoms with Gasteiger partial charge in [-0.25, -0.2) is 15.0 Å². The molecule has 0 amide bonds. The van der Waals surface area contributed by atoms with E-state index in [0.29, 0.717) is 5.02 Å². The zero-order valence-electron chi connectivity index (χ0n) is 11.7. The Hall–Kier alpha value is -2.08. The van der Waals surface area contributed by atoms with E-state index < -0.39 is 0 Å². The highest BCUT2D eigenvalue weighted by Crippen LogP contribution is 2.20. The molecule has 21 heavy (non-hydrogen) atoms. The number of nitrogens with zero attached hydrogens (tertiary/aromatic N) is 5. The maximum absolute atomic E-state index is 5.81. The van der Waals surface area contributed by atoms with Crippen LogP contribution in [0.25, 0.3) is 0 Å². The molecule has 0 N–H and O–H groups in total. The summed E-state index contributed by atoms with van der Waals surface area (Å²) in [7, 11) is 1.66. The van der Waals surface area contributed by atoms with E-state index in [-0.39, 0.29) is 0 Å². The van der Waals surface area contributed by atoms with Gasteiger partial charge in [0.05, 0.1) is 24.5 Å². The highest BCUT2D eigenvalue weighted by molar-refractivity contribution is 6.30. The van der Waals surface area contributed by atoms with Gasteiger partial charge in [-0.15, -0.1) is 0 Å². The average molecular weight is 306 g/mol. The number of ether oxygens (including phenoxy) is 1. The normalized spacial score (nSPS) is 15.1. The molecule has 7 heteroatoms. The lowest BCUT2D eigenvalue weighted by Gasteiger charge is -2.35. The molecule has 3 heterocycles. The quantitative estimate of drug-likeness (QED) is 0.863. The van der Waals surface area contributed by atoms with E-state index in [1.165, 1.54) is 0 Å². The molecular weight excluding hydrogens is 290 g/mol. The number of methoxy groups -OCH3 is 1. The minimum absolute atomic E-state index is 0.554. The molecule has 0 saturated carbocycles. The molecule has 0 unspecified atom stereocenters. The SMILES string of the molecule is COc1ccnc(N2CCN(c3ncc(Cl)cn3)CC2)c1. The first kappa shape index (κ1) is 13.9. The van der Waals surface area contributed by atoms with Crippen LogP contribution < -0.4 is 14.5 Å². The minimum atomic E-state index is 0.554. The molecule has 1 aliphatic rings. The summed E-state index contributed by atoms with van der Waals surface area (Å²) in [6.07, 6.45) is 5.02. The van der Waals surface area contributed by atoms with Crippen molar-refractivity contribution in [1.29, 1.82) is 0 Å². The fourth-order valence-corrected chi connectivity index (χ4v) is 2.40. The van der Waals surface area contributed by atoms with Gasteiger partial charge >= 0.3 is 0 Å². The van der Waals surface area contributed by atoms with Crippen LogP contribution in [0.2, 0.25) is 5.02 Å². The van der Waals surface area contributed by atoms with Crippen molar-refractivity contribution >= 4 is 23.4 Å². The molecule has 2 aromatic rings. The second kappa shape index (κ2) is 6.13. The van der Waals surface area contributed by atoms with Crippen LogP contribution in [-0.2, 0) is 0 Å².